The van der Waals surface area contributed by atoms with Crippen LogP contribution in [-0.2, 0) is 16.0 Å². The van der Waals surface area contributed by atoms with Gasteiger partial charge in [0.05, 0.1) is 18.2 Å². The number of aryl methyl sites for hydroxylation is 1. The SMILES string of the molecule is COCCOc1ccc(NC(=O)[C@@H]2CCCc3cccnc32)cc1. The van der Waals surface area contributed by atoms with Crippen molar-refractivity contribution in [3.63, 3.8) is 0 Å². The molecule has 2 aromatic rings. The van der Waals surface area contributed by atoms with Gasteiger partial charge in [-0.25, -0.2) is 0 Å². The first kappa shape index (κ1) is 16.5. The number of benzene rings is 1. The first-order valence-electron chi connectivity index (χ1n) is 8.24. The molecule has 5 nitrogen and oxygen atoms in total. The van der Waals surface area contributed by atoms with Crippen LogP contribution in [0.2, 0.25) is 0 Å². The van der Waals surface area contributed by atoms with Crippen LogP contribution in [0.15, 0.2) is 42.6 Å². The average molecular weight is 326 g/mol. The number of methoxy groups -OCH3 is 1. The largest absolute Gasteiger partial charge is 0.491 e. The Hall–Kier alpha value is -2.40. The van der Waals surface area contributed by atoms with Crippen molar-refractivity contribution in [3.05, 3.63) is 53.9 Å². The number of ether oxygens (including phenoxy) is 2. The number of carbonyl (C=O) groups is 1. The van der Waals surface area contributed by atoms with Gasteiger partial charge in [0.2, 0.25) is 5.91 Å². The summed E-state index contributed by atoms with van der Waals surface area (Å²) in [5.41, 5.74) is 2.87. The van der Waals surface area contributed by atoms with E-state index in [-0.39, 0.29) is 11.8 Å². The first-order chi connectivity index (χ1) is 11.8. The Morgan fingerprint density at radius 1 is 1.25 bits per heavy atom. The third-order valence-electron chi connectivity index (χ3n) is 4.19. The van der Waals surface area contributed by atoms with Crippen LogP contribution < -0.4 is 10.1 Å². The number of anilines is 1. The standard InChI is InChI=1S/C19H22N2O3/c1-23-12-13-24-16-9-7-15(8-10-16)21-19(22)17-6-2-4-14-5-3-11-20-18(14)17/h3,5,7-11,17H,2,4,6,12-13H2,1H3,(H,21,22)/t17-/m1/s1. The number of fused-ring (bicyclic) bond motifs is 1. The Labute approximate surface area is 142 Å². The lowest BCUT2D eigenvalue weighted by Crippen LogP contribution is -2.25. The van der Waals surface area contributed by atoms with Crippen LogP contribution in [-0.4, -0.2) is 31.2 Å². The number of aromatic nitrogens is 1. The highest BCUT2D eigenvalue weighted by Gasteiger charge is 2.27. The van der Waals surface area contributed by atoms with Gasteiger partial charge < -0.3 is 14.8 Å². The quantitative estimate of drug-likeness (QED) is 0.828. The monoisotopic (exact) mass is 326 g/mol. The number of nitrogens with zero attached hydrogens (tertiary/aromatic N) is 1. The first-order valence-corrected chi connectivity index (χ1v) is 8.24. The summed E-state index contributed by atoms with van der Waals surface area (Å²) >= 11 is 0. The van der Waals surface area contributed by atoms with Gasteiger partial charge >= 0.3 is 0 Å². The maximum absolute atomic E-state index is 12.6. The minimum atomic E-state index is -0.174. The number of hydrogen-bond donors (Lipinski definition) is 1. The molecule has 1 aliphatic rings. The van der Waals surface area contributed by atoms with E-state index in [2.05, 4.69) is 16.4 Å². The van der Waals surface area contributed by atoms with Gasteiger partial charge in [-0.2, -0.15) is 0 Å². The molecule has 1 aromatic heterocycles. The van der Waals surface area contributed by atoms with Crippen LogP contribution >= 0.6 is 0 Å². The summed E-state index contributed by atoms with van der Waals surface area (Å²) in [5, 5.41) is 2.99. The Morgan fingerprint density at radius 3 is 2.88 bits per heavy atom. The molecule has 1 amide bonds. The van der Waals surface area contributed by atoms with Crippen LogP contribution in [0.4, 0.5) is 5.69 Å². The molecule has 1 aliphatic carbocycles. The molecule has 5 heteroatoms. The molecular weight excluding hydrogens is 304 g/mol. The minimum Gasteiger partial charge on any atom is -0.491 e. The van der Waals surface area contributed by atoms with E-state index in [4.69, 9.17) is 9.47 Å². The van der Waals surface area contributed by atoms with E-state index in [9.17, 15) is 4.79 Å². The van der Waals surface area contributed by atoms with Gasteiger partial charge in [-0.1, -0.05) is 6.07 Å². The Morgan fingerprint density at radius 2 is 2.08 bits per heavy atom. The molecule has 0 bridgehead atoms. The molecule has 0 unspecified atom stereocenters. The topological polar surface area (TPSA) is 60.5 Å². The predicted molar refractivity (Wildman–Crippen MR) is 92.4 cm³/mol. The maximum Gasteiger partial charge on any atom is 0.233 e. The summed E-state index contributed by atoms with van der Waals surface area (Å²) in [7, 11) is 1.64. The second-order valence-electron chi connectivity index (χ2n) is 5.85. The molecule has 126 valence electrons. The molecule has 0 spiro atoms. The van der Waals surface area contributed by atoms with Gasteiger partial charge in [-0.15, -0.1) is 0 Å². The number of carbonyl (C=O) groups excluding carboxylic acids is 1. The van der Waals surface area contributed by atoms with Crippen molar-refractivity contribution < 1.29 is 14.3 Å². The van der Waals surface area contributed by atoms with Crippen LogP contribution in [0.3, 0.4) is 0 Å². The molecule has 1 atom stereocenters. The van der Waals surface area contributed by atoms with E-state index in [0.29, 0.717) is 13.2 Å². The highest BCUT2D eigenvalue weighted by atomic mass is 16.5. The molecule has 3 rings (SSSR count). The van der Waals surface area contributed by atoms with Crippen LogP contribution in [0, 0.1) is 0 Å². The van der Waals surface area contributed by atoms with E-state index in [1.807, 2.05) is 30.3 Å². The third-order valence-corrected chi connectivity index (χ3v) is 4.19. The summed E-state index contributed by atoms with van der Waals surface area (Å²) in [6, 6.07) is 11.4. The molecule has 0 radical (unpaired) electrons. The second kappa shape index (κ2) is 7.93. The van der Waals surface area contributed by atoms with E-state index in [1.165, 1.54) is 5.56 Å². The number of amides is 1. The van der Waals surface area contributed by atoms with Crippen molar-refractivity contribution >= 4 is 11.6 Å². The summed E-state index contributed by atoms with van der Waals surface area (Å²) in [4.78, 5) is 17.1. The molecule has 0 saturated carbocycles. The fraction of sp³-hybridized carbons (Fsp3) is 0.368. The summed E-state index contributed by atoms with van der Waals surface area (Å²) in [5.74, 6) is 0.588. The van der Waals surface area contributed by atoms with Gasteiger partial charge in [-0.3, -0.25) is 9.78 Å². The molecule has 1 heterocycles. The normalized spacial score (nSPS) is 16.3. The fourth-order valence-corrected chi connectivity index (χ4v) is 2.97. The van der Waals surface area contributed by atoms with Gasteiger partial charge in [-0.05, 0) is 55.2 Å². The molecular formula is C19H22N2O3. The van der Waals surface area contributed by atoms with Crippen molar-refractivity contribution in [2.24, 2.45) is 0 Å². The lowest BCUT2D eigenvalue weighted by molar-refractivity contribution is -0.118. The molecule has 1 aromatic carbocycles. The Balaban J connectivity index is 1.63. The lowest BCUT2D eigenvalue weighted by atomic mass is 9.86. The van der Waals surface area contributed by atoms with Crippen molar-refractivity contribution in [1.29, 1.82) is 0 Å². The van der Waals surface area contributed by atoms with Crippen LogP contribution in [0.1, 0.15) is 30.0 Å². The van der Waals surface area contributed by atoms with E-state index < -0.39 is 0 Å². The van der Waals surface area contributed by atoms with Gasteiger partial charge in [0, 0.05) is 19.0 Å². The van der Waals surface area contributed by atoms with E-state index >= 15 is 0 Å². The maximum atomic E-state index is 12.6. The second-order valence-corrected chi connectivity index (χ2v) is 5.85. The van der Waals surface area contributed by atoms with Crippen molar-refractivity contribution in [1.82, 2.24) is 4.98 Å². The van der Waals surface area contributed by atoms with Crippen molar-refractivity contribution in [3.8, 4) is 5.75 Å². The highest BCUT2D eigenvalue weighted by molar-refractivity contribution is 5.95. The average Bonchev–Trinajstić information content (AvgIpc) is 2.63. The summed E-state index contributed by atoms with van der Waals surface area (Å²) in [6.45, 7) is 1.05. The zero-order valence-electron chi connectivity index (χ0n) is 13.8. The van der Waals surface area contributed by atoms with Crippen molar-refractivity contribution in [2.45, 2.75) is 25.2 Å². The number of nitrogens with one attached hydrogen (secondary N) is 1. The predicted octanol–water partition coefficient (Wildman–Crippen LogP) is 3.17. The molecule has 24 heavy (non-hydrogen) atoms. The van der Waals surface area contributed by atoms with E-state index in [0.717, 1.165) is 36.4 Å². The fourth-order valence-electron chi connectivity index (χ4n) is 2.97. The zero-order valence-corrected chi connectivity index (χ0v) is 13.8. The third kappa shape index (κ3) is 3.92. The minimum absolute atomic E-state index is 0.00250. The zero-order chi connectivity index (χ0) is 16.8. The molecule has 0 aliphatic heterocycles. The number of pyridine rings is 1. The number of hydrogen-bond acceptors (Lipinski definition) is 4. The summed E-state index contributed by atoms with van der Waals surface area (Å²) in [6.07, 6.45) is 4.62. The molecule has 1 N–H and O–H groups in total. The number of rotatable bonds is 6. The Kier molecular flexibility index (Phi) is 5.43. The van der Waals surface area contributed by atoms with Gasteiger partial charge in [0.25, 0.3) is 0 Å². The highest BCUT2D eigenvalue weighted by Crippen LogP contribution is 2.31. The Bertz CT molecular complexity index is 685. The van der Waals surface area contributed by atoms with E-state index in [1.54, 1.807) is 13.3 Å². The lowest BCUT2D eigenvalue weighted by Gasteiger charge is -2.23. The molecule has 0 saturated heterocycles. The van der Waals surface area contributed by atoms with Crippen LogP contribution in [0.5, 0.6) is 5.75 Å². The van der Waals surface area contributed by atoms with Crippen molar-refractivity contribution in [2.75, 3.05) is 25.6 Å². The smallest absolute Gasteiger partial charge is 0.233 e. The molecule has 0 fully saturated rings. The van der Waals surface area contributed by atoms with Gasteiger partial charge in [0.1, 0.15) is 12.4 Å². The van der Waals surface area contributed by atoms with Crippen LogP contribution in [0.25, 0.3) is 0 Å². The summed E-state index contributed by atoms with van der Waals surface area (Å²) < 4.78 is 10.5. The van der Waals surface area contributed by atoms with Gasteiger partial charge in [0.15, 0.2) is 0 Å².